The van der Waals surface area contributed by atoms with Crippen LogP contribution in [0.25, 0.3) is 0 Å². The fourth-order valence-corrected chi connectivity index (χ4v) is 2.20. The maximum absolute atomic E-state index is 5.64. The third-order valence-corrected chi connectivity index (χ3v) is 3.29. The number of ether oxygens (including phenoxy) is 1. The van der Waals surface area contributed by atoms with Crippen LogP contribution in [0.1, 0.15) is 10.6 Å². The number of rotatable bonds is 6. The van der Waals surface area contributed by atoms with Gasteiger partial charge in [-0.2, -0.15) is 0 Å². The summed E-state index contributed by atoms with van der Waals surface area (Å²) in [6, 6.07) is 8.14. The lowest BCUT2D eigenvalue weighted by molar-refractivity contribution is 0.321. The topological polar surface area (TPSA) is 34.1 Å². The standard InChI is InChI=1S/C13H16N2OS/c1-14-9-11-4-5-12(10-15-11)16-7-6-13-3-2-8-17-13/h2-5,8,10,14H,6-7,9H2,1H3. The molecule has 1 N–H and O–H groups in total. The first-order valence-electron chi connectivity index (χ1n) is 5.63. The van der Waals surface area contributed by atoms with Crippen LogP contribution in [0, 0.1) is 0 Å². The third kappa shape index (κ3) is 3.84. The minimum absolute atomic E-state index is 0.702. The minimum atomic E-state index is 0.702. The Morgan fingerprint density at radius 3 is 2.94 bits per heavy atom. The number of aromatic nitrogens is 1. The predicted octanol–water partition coefficient (Wildman–Crippen LogP) is 2.48. The molecule has 0 spiro atoms. The molecule has 0 saturated carbocycles. The van der Waals surface area contributed by atoms with Crippen molar-refractivity contribution in [1.82, 2.24) is 10.3 Å². The highest BCUT2D eigenvalue weighted by Crippen LogP contribution is 2.12. The van der Waals surface area contributed by atoms with Gasteiger partial charge in [0.05, 0.1) is 18.5 Å². The SMILES string of the molecule is CNCc1ccc(OCCc2cccs2)cn1. The van der Waals surface area contributed by atoms with E-state index in [0.717, 1.165) is 24.4 Å². The molecule has 2 rings (SSSR count). The van der Waals surface area contributed by atoms with E-state index in [9.17, 15) is 0 Å². The van der Waals surface area contributed by atoms with Crippen LogP contribution in [0.3, 0.4) is 0 Å². The van der Waals surface area contributed by atoms with Crippen molar-refractivity contribution in [2.75, 3.05) is 13.7 Å². The maximum Gasteiger partial charge on any atom is 0.137 e. The maximum atomic E-state index is 5.64. The zero-order valence-corrected chi connectivity index (χ0v) is 10.7. The number of nitrogens with zero attached hydrogens (tertiary/aromatic N) is 1. The second-order valence-electron chi connectivity index (χ2n) is 3.69. The molecule has 0 atom stereocenters. The van der Waals surface area contributed by atoms with Crippen molar-refractivity contribution in [1.29, 1.82) is 0 Å². The molecule has 0 aromatic carbocycles. The van der Waals surface area contributed by atoms with E-state index in [-0.39, 0.29) is 0 Å². The van der Waals surface area contributed by atoms with Crippen LogP contribution in [0.2, 0.25) is 0 Å². The zero-order chi connectivity index (χ0) is 11.9. The van der Waals surface area contributed by atoms with Crippen molar-refractivity contribution < 1.29 is 4.74 Å². The lowest BCUT2D eigenvalue weighted by atomic mass is 10.3. The molecule has 0 aliphatic rings. The third-order valence-electron chi connectivity index (χ3n) is 2.35. The van der Waals surface area contributed by atoms with Gasteiger partial charge in [-0.15, -0.1) is 11.3 Å². The Hall–Kier alpha value is -1.39. The molecule has 2 heterocycles. The Balaban J connectivity index is 1.79. The molecule has 0 unspecified atom stereocenters. The van der Waals surface area contributed by atoms with Crippen LogP contribution in [0.5, 0.6) is 5.75 Å². The van der Waals surface area contributed by atoms with Crippen molar-refractivity contribution >= 4 is 11.3 Å². The highest BCUT2D eigenvalue weighted by molar-refractivity contribution is 7.09. The Morgan fingerprint density at radius 1 is 1.35 bits per heavy atom. The molecule has 0 aliphatic carbocycles. The Labute approximate surface area is 105 Å². The molecule has 3 nitrogen and oxygen atoms in total. The van der Waals surface area contributed by atoms with Crippen molar-refractivity contribution in [3.63, 3.8) is 0 Å². The first-order chi connectivity index (χ1) is 8.38. The smallest absolute Gasteiger partial charge is 0.137 e. The second-order valence-corrected chi connectivity index (χ2v) is 4.73. The molecule has 0 amide bonds. The van der Waals surface area contributed by atoms with Gasteiger partial charge >= 0.3 is 0 Å². The van der Waals surface area contributed by atoms with E-state index in [2.05, 4.69) is 27.8 Å². The lowest BCUT2D eigenvalue weighted by Crippen LogP contribution is -2.07. The van der Waals surface area contributed by atoms with Gasteiger partial charge in [-0.25, -0.2) is 0 Å². The van der Waals surface area contributed by atoms with Crippen LogP contribution >= 0.6 is 11.3 Å². The summed E-state index contributed by atoms with van der Waals surface area (Å²) in [5.74, 6) is 0.835. The Morgan fingerprint density at radius 2 is 2.29 bits per heavy atom. The van der Waals surface area contributed by atoms with Crippen molar-refractivity contribution in [2.24, 2.45) is 0 Å². The summed E-state index contributed by atoms with van der Waals surface area (Å²) >= 11 is 1.76. The van der Waals surface area contributed by atoms with Gasteiger partial charge in [0, 0.05) is 17.8 Å². The average Bonchev–Trinajstić information content (AvgIpc) is 2.85. The normalized spacial score (nSPS) is 10.4. The first-order valence-corrected chi connectivity index (χ1v) is 6.51. The molecule has 0 saturated heterocycles. The van der Waals surface area contributed by atoms with Gasteiger partial charge in [-0.3, -0.25) is 4.98 Å². The zero-order valence-electron chi connectivity index (χ0n) is 9.85. The summed E-state index contributed by atoms with van der Waals surface area (Å²) in [4.78, 5) is 5.65. The Kier molecular flexibility index (Phi) is 4.53. The van der Waals surface area contributed by atoms with Crippen molar-refractivity contribution in [3.8, 4) is 5.75 Å². The van der Waals surface area contributed by atoms with Gasteiger partial charge in [-0.1, -0.05) is 6.07 Å². The summed E-state index contributed by atoms with van der Waals surface area (Å²) in [5.41, 5.74) is 1.03. The van der Waals surface area contributed by atoms with E-state index >= 15 is 0 Å². The summed E-state index contributed by atoms with van der Waals surface area (Å²) in [5, 5.41) is 5.15. The molecular formula is C13H16N2OS. The molecule has 0 fully saturated rings. The quantitative estimate of drug-likeness (QED) is 0.853. The number of nitrogens with one attached hydrogen (secondary N) is 1. The van der Waals surface area contributed by atoms with E-state index in [1.165, 1.54) is 4.88 Å². The van der Waals surface area contributed by atoms with Crippen molar-refractivity contribution in [2.45, 2.75) is 13.0 Å². The van der Waals surface area contributed by atoms with Gasteiger partial charge < -0.3 is 10.1 Å². The van der Waals surface area contributed by atoms with Crippen LogP contribution in [-0.2, 0) is 13.0 Å². The van der Waals surface area contributed by atoms with E-state index in [4.69, 9.17) is 4.74 Å². The molecule has 0 aliphatic heterocycles. The Bertz CT molecular complexity index is 425. The van der Waals surface area contributed by atoms with Gasteiger partial charge in [0.15, 0.2) is 0 Å². The molecule has 4 heteroatoms. The fourth-order valence-electron chi connectivity index (χ4n) is 1.51. The first kappa shape index (κ1) is 12.1. The minimum Gasteiger partial charge on any atom is -0.492 e. The number of hydrogen-bond donors (Lipinski definition) is 1. The fraction of sp³-hybridized carbons (Fsp3) is 0.308. The number of thiophene rings is 1. The van der Waals surface area contributed by atoms with Crippen LogP contribution in [-0.4, -0.2) is 18.6 Å². The average molecular weight is 248 g/mol. The van der Waals surface area contributed by atoms with Crippen molar-refractivity contribution in [3.05, 3.63) is 46.4 Å². The molecule has 2 aromatic rings. The molecular weight excluding hydrogens is 232 g/mol. The molecule has 0 bridgehead atoms. The van der Waals surface area contributed by atoms with Gasteiger partial charge in [-0.05, 0) is 30.6 Å². The van der Waals surface area contributed by atoms with Gasteiger partial charge in [0.1, 0.15) is 5.75 Å². The number of pyridine rings is 1. The largest absolute Gasteiger partial charge is 0.492 e. The summed E-state index contributed by atoms with van der Waals surface area (Å²) < 4.78 is 5.64. The van der Waals surface area contributed by atoms with Gasteiger partial charge in [0.25, 0.3) is 0 Å². The number of hydrogen-bond acceptors (Lipinski definition) is 4. The summed E-state index contributed by atoms with van der Waals surface area (Å²) in [6.07, 6.45) is 2.73. The van der Waals surface area contributed by atoms with E-state index < -0.39 is 0 Å². The monoisotopic (exact) mass is 248 g/mol. The van der Waals surface area contributed by atoms with Gasteiger partial charge in [0.2, 0.25) is 0 Å². The van der Waals surface area contributed by atoms with Crippen LogP contribution in [0.4, 0.5) is 0 Å². The molecule has 2 aromatic heterocycles. The van der Waals surface area contributed by atoms with E-state index in [1.807, 2.05) is 19.2 Å². The summed E-state index contributed by atoms with van der Waals surface area (Å²) in [7, 11) is 1.91. The molecule has 0 radical (unpaired) electrons. The highest BCUT2D eigenvalue weighted by Gasteiger charge is 1.98. The lowest BCUT2D eigenvalue weighted by Gasteiger charge is -2.05. The second kappa shape index (κ2) is 6.37. The highest BCUT2D eigenvalue weighted by atomic mass is 32.1. The summed E-state index contributed by atoms with van der Waals surface area (Å²) in [6.45, 7) is 1.49. The van der Waals surface area contributed by atoms with Crippen LogP contribution in [0.15, 0.2) is 35.8 Å². The van der Waals surface area contributed by atoms with E-state index in [0.29, 0.717) is 6.61 Å². The predicted molar refractivity (Wildman–Crippen MR) is 70.5 cm³/mol. The van der Waals surface area contributed by atoms with Crippen LogP contribution < -0.4 is 10.1 Å². The molecule has 17 heavy (non-hydrogen) atoms. The molecule has 90 valence electrons. The van der Waals surface area contributed by atoms with E-state index in [1.54, 1.807) is 17.5 Å².